The Morgan fingerprint density at radius 2 is 2.17 bits per heavy atom. The lowest BCUT2D eigenvalue weighted by Crippen LogP contribution is -2.59. The Morgan fingerprint density at radius 1 is 1.42 bits per heavy atom. The second kappa shape index (κ2) is 6.36. The molecule has 0 radical (unpaired) electrons. The van der Waals surface area contributed by atoms with Crippen LogP contribution in [0.4, 0.5) is 13.2 Å². The predicted molar refractivity (Wildman–Crippen MR) is 79.6 cm³/mol. The molecule has 3 rings (SSSR count). The largest absolute Gasteiger partial charge is 0.435 e. The van der Waals surface area contributed by atoms with Gasteiger partial charge < -0.3 is 9.64 Å². The van der Waals surface area contributed by atoms with Crippen LogP contribution in [0.3, 0.4) is 0 Å². The van der Waals surface area contributed by atoms with Gasteiger partial charge in [0.25, 0.3) is 5.91 Å². The molecular formula is C15H21F3N4O2. The Morgan fingerprint density at radius 3 is 2.83 bits per heavy atom. The van der Waals surface area contributed by atoms with Gasteiger partial charge in [-0.15, -0.1) is 0 Å². The number of morpholine rings is 1. The first-order chi connectivity index (χ1) is 11.3. The van der Waals surface area contributed by atoms with Crippen molar-refractivity contribution >= 4 is 5.91 Å². The lowest BCUT2D eigenvalue weighted by atomic mass is 9.98. The van der Waals surface area contributed by atoms with Gasteiger partial charge in [0.05, 0.1) is 24.3 Å². The number of hydrogen-bond acceptors (Lipinski definition) is 4. The third-order valence-electron chi connectivity index (χ3n) is 4.73. The lowest BCUT2D eigenvalue weighted by Gasteiger charge is -2.45. The van der Waals surface area contributed by atoms with Gasteiger partial charge >= 0.3 is 6.18 Å². The van der Waals surface area contributed by atoms with Gasteiger partial charge in [-0.25, -0.2) is 0 Å². The van der Waals surface area contributed by atoms with Crippen molar-refractivity contribution in [3.63, 3.8) is 0 Å². The summed E-state index contributed by atoms with van der Waals surface area (Å²) in [4.78, 5) is 16.3. The number of aryl methyl sites for hydroxylation is 1. The van der Waals surface area contributed by atoms with E-state index in [0.717, 1.165) is 11.2 Å². The summed E-state index contributed by atoms with van der Waals surface area (Å²) < 4.78 is 46.4. The van der Waals surface area contributed by atoms with Crippen molar-refractivity contribution in [2.75, 3.05) is 33.3 Å². The van der Waals surface area contributed by atoms with E-state index in [1.54, 1.807) is 6.92 Å². The van der Waals surface area contributed by atoms with Gasteiger partial charge in [-0.2, -0.15) is 18.3 Å². The first kappa shape index (κ1) is 17.2. The molecule has 1 amide bonds. The highest BCUT2D eigenvalue weighted by atomic mass is 19.4. The van der Waals surface area contributed by atoms with Gasteiger partial charge in [0.1, 0.15) is 0 Å². The Kier molecular flexibility index (Phi) is 4.56. The van der Waals surface area contributed by atoms with Crippen molar-refractivity contribution in [3.8, 4) is 0 Å². The van der Waals surface area contributed by atoms with Crippen LogP contribution < -0.4 is 0 Å². The van der Waals surface area contributed by atoms with E-state index in [-0.39, 0.29) is 24.3 Å². The number of nitrogens with zero attached hydrogens (tertiary/aromatic N) is 4. The maximum Gasteiger partial charge on any atom is 0.435 e. The topological polar surface area (TPSA) is 50.6 Å². The molecule has 6 nitrogen and oxygen atoms in total. The van der Waals surface area contributed by atoms with Crippen LogP contribution in [-0.4, -0.2) is 70.9 Å². The minimum absolute atomic E-state index is 0.0204. The summed E-state index contributed by atoms with van der Waals surface area (Å²) in [5.41, 5.74) is -1.48. The van der Waals surface area contributed by atoms with Gasteiger partial charge in [-0.3, -0.25) is 14.4 Å². The molecule has 1 aromatic rings. The second-order valence-corrected chi connectivity index (χ2v) is 6.24. The Bertz CT molecular complexity index is 616. The maximum absolute atomic E-state index is 13.2. The van der Waals surface area contributed by atoms with E-state index in [0.29, 0.717) is 26.1 Å². The number of ether oxygens (including phenoxy) is 1. The van der Waals surface area contributed by atoms with E-state index < -0.39 is 17.8 Å². The van der Waals surface area contributed by atoms with Gasteiger partial charge in [-0.05, 0) is 20.4 Å². The smallest absolute Gasteiger partial charge is 0.375 e. The van der Waals surface area contributed by atoms with Crippen molar-refractivity contribution in [2.24, 2.45) is 0 Å². The van der Waals surface area contributed by atoms with E-state index in [1.165, 1.54) is 11.1 Å². The minimum Gasteiger partial charge on any atom is -0.375 e. The first-order valence-electron chi connectivity index (χ1n) is 8.07. The standard InChI is InChI=1S/C15H21F3N4O2/c1-3-22-8-10(13(19-22)15(16,17)18)14(23)21-5-4-12-11(9-21)20(2)6-7-24-12/h8,11-12H,3-7,9H2,1-2H3/t11-,12-/m1/s1. The number of fused-ring (bicyclic) bond motifs is 1. The number of carbonyl (C=O) groups excluding carboxylic acids is 1. The summed E-state index contributed by atoms with van der Waals surface area (Å²) in [6.07, 6.45) is -2.79. The van der Waals surface area contributed by atoms with Crippen molar-refractivity contribution in [1.82, 2.24) is 19.6 Å². The highest BCUT2D eigenvalue weighted by Gasteiger charge is 2.42. The summed E-state index contributed by atoms with van der Waals surface area (Å²) in [5.74, 6) is -0.612. The van der Waals surface area contributed by atoms with Crippen molar-refractivity contribution < 1.29 is 22.7 Å². The van der Waals surface area contributed by atoms with Crippen LogP contribution in [0.2, 0.25) is 0 Å². The molecule has 0 saturated carbocycles. The zero-order valence-corrected chi connectivity index (χ0v) is 13.7. The monoisotopic (exact) mass is 346 g/mol. The van der Waals surface area contributed by atoms with Gasteiger partial charge in [-0.1, -0.05) is 0 Å². The molecule has 0 aliphatic carbocycles. The molecule has 2 atom stereocenters. The van der Waals surface area contributed by atoms with Crippen molar-refractivity contribution in [2.45, 2.75) is 38.2 Å². The number of aromatic nitrogens is 2. The number of likely N-dealkylation sites (N-methyl/N-ethyl adjacent to an activating group) is 1. The van der Waals surface area contributed by atoms with E-state index in [1.807, 2.05) is 7.05 Å². The van der Waals surface area contributed by atoms with Crippen molar-refractivity contribution in [1.29, 1.82) is 0 Å². The van der Waals surface area contributed by atoms with Crippen LogP contribution >= 0.6 is 0 Å². The average molecular weight is 346 g/mol. The number of halogens is 3. The summed E-state index contributed by atoms with van der Waals surface area (Å²) in [5, 5.41) is 3.52. The molecule has 2 fully saturated rings. The van der Waals surface area contributed by atoms with Crippen LogP contribution in [-0.2, 0) is 17.5 Å². The number of carbonyl (C=O) groups is 1. The summed E-state index contributed by atoms with van der Waals surface area (Å²) in [6.45, 7) is 4.12. The maximum atomic E-state index is 13.2. The highest BCUT2D eigenvalue weighted by molar-refractivity contribution is 5.95. The third-order valence-corrected chi connectivity index (χ3v) is 4.73. The molecule has 2 aliphatic heterocycles. The number of piperidine rings is 1. The van der Waals surface area contributed by atoms with E-state index >= 15 is 0 Å². The Balaban J connectivity index is 1.83. The average Bonchev–Trinajstić information content (AvgIpc) is 2.99. The van der Waals surface area contributed by atoms with Crippen LogP contribution in [0.1, 0.15) is 29.4 Å². The third kappa shape index (κ3) is 3.14. The lowest BCUT2D eigenvalue weighted by molar-refractivity contribution is -0.142. The number of hydrogen-bond donors (Lipinski definition) is 0. The zero-order chi connectivity index (χ0) is 17.5. The normalized spacial score (nSPS) is 25.6. The fourth-order valence-corrected chi connectivity index (χ4v) is 3.35. The number of amides is 1. The zero-order valence-electron chi connectivity index (χ0n) is 13.7. The summed E-state index contributed by atoms with van der Waals surface area (Å²) in [6, 6.07) is 0.0204. The Labute approximate surface area is 138 Å². The molecule has 2 saturated heterocycles. The molecule has 0 unspecified atom stereocenters. The molecule has 0 N–H and O–H groups in total. The van der Waals surface area contributed by atoms with Gasteiger partial charge in [0.2, 0.25) is 0 Å². The molecule has 2 aliphatic rings. The number of alkyl halides is 3. The molecule has 0 spiro atoms. The quantitative estimate of drug-likeness (QED) is 0.814. The molecular weight excluding hydrogens is 325 g/mol. The van der Waals surface area contributed by atoms with Gasteiger partial charge in [0, 0.05) is 32.4 Å². The van der Waals surface area contributed by atoms with Gasteiger partial charge in [0.15, 0.2) is 5.69 Å². The molecule has 0 bridgehead atoms. The molecule has 9 heteroatoms. The minimum atomic E-state index is -4.64. The van der Waals surface area contributed by atoms with Crippen molar-refractivity contribution in [3.05, 3.63) is 17.5 Å². The van der Waals surface area contributed by atoms with E-state index in [2.05, 4.69) is 10.00 Å². The fourth-order valence-electron chi connectivity index (χ4n) is 3.35. The molecule has 134 valence electrons. The predicted octanol–water partition coefficient (Wildman–Crippen LogP) is 1.47. The molecule has 0 aromatic carbocycles. The van der Waals surface area contributed by atoms with E-state index in [4.69, 9.17) is 4.74 Å². The Hall–Kier alpha value is -1.61. The van der Waals surface area contributed by atoms with Crippen LogP contribution in [0.5, 0.6) is 0 Å². The number of likely N-dealkylation sites (tertiary alicyclic amines) is 1. The van der Waals surface area contributed by atoms with Crippen LogP contribution in [0.25, 0.3) is 0 Å². The number of rotatable bonds is 2. The highest BCUT2D eigenvalue weighted by Crippen LogP contribution is 2.32. The van der Waals surface area contributed by atoms with Crippen LogP contribution in [0, 0.1) is 0 Å². The van der Waals surface area contributed by atoms with E-state index in [9.17, 15) is 18.0 Å². The fraction of sp³-hybridized carbons (Fsp3) is 0.733. The summed E-state index contributed by atoms with van der Waals surface area (Å²) >= 11 is 0. The molecule has 24 heavy (non-hydrogen) atoms. The SMILES string of the molecule is CCn1cc(C(=O)N2CC[C@H]3OCCN(C)[C@@H]3C2)c(C(F)(F)F)n1. The second-order valence-electron chi connectivity index (χ2n) is 6.24. The molecule has 3 heterocycles. The van der Waals surface area contributed by atoms with Crippen LogP contribution in [0.15, 0.2) is 6.20 Å². The first-order valence-corrected chi connectivity index (χ1v) is 8.07. The summed E-state index contributed by atoms with van der Waals surface area (Å²) in [7, 11) is 1.95. The molecule has 1 aromatic heterocycles.